The van der Waals surface area contributed by atoms with Gasteiger partial charge < -0.3 is 0 Å². The Morgan fingerprint density at radius 3 is 1.94 bits per heavy atom. The fourth-order valence-corrected chi connectivity index (χ4v) is 1.98. The van der Waals surface area contributed by atoms with Crippen LogP contribution in [0.2, 0.25) is 0 Å². The molecule has 1 radical (unpaired) electrons. The summed E-state index contributed by atoms with van der Waals surface area (Å²) in [6.07, 6.45) is 4.10. The summed E-state index contributed by atoms with van der Waals surface area (Å²) in [5, 5.41) is 0. The third-order valence-electron chi connectivity index (χ3n) is 2.93. The Balaban J connectivity index is 1.95. The van der Waals surface area contributed by atoms with E-state index in [2.05, 4.69) is 47.0 Å². The monoisotopic (exact) mass is 231 g/mol. The second-order valence-electron chi connectivity index (χ2n) is 4.12. The number of hydrogen-bond donors (Lipinski definition) is 0. The summed E-state index contributed by atoms with van der Waals surface area (Å²) in [5.74, 6) is 0. The molecule has 0 saturated heterocycles. The van der Waals surface area contributed by atoms with Crippen molar-refractivity contribution in [2.24, 2.45) is 0 Å². The van der Waals surface area contributed by atoms with Crippen molar-refractivity contribution >= 4 is 0 Å². The lowest BCUT2D eigenvalue weighted by atomic mass is 10.1. The highest BCUT2D eigenvalue weighted by atomic mass is 14.9. The summed E-state index contributed by atoms with van der Waals surface area (Å²) in [5.41, 5.74) is 3.62. The van der Waals surface area contributed by atoms with Crippen LogP contribution in [0.25, 0.3) is 16.8 Å². The summed E-state index contributed by atoms with van der Waals surface area (Å²) in [4.78, 5) is 0. The Morgan fingerprint density at radius 2 is 1.28 bits per heavy atom. The van der Waals surface area contributed by atoms with E-state index in [0.29, 0.717) is 0 Å². The molecule has 0 aliphatic rings. The molecule has 0 spiro atoms. The molecular formula is C17H13N+. The number of rotatable bonds is 2. The van der Waals surface area contributed by atoms with Crippen LogP contribution in [0, 0.1) is 6.07 Å². The van der Waals surface area contributed by atoms with Gasteiger partial charge in [-0.05, 0) is 29.3 Å². The van der Waals surface area contributed by atoms with Gasteiger partial charge in [0.2, 0.25) is 5.69 Å². The van der Waals surface area contributed by atoms with E-state index in [1.807, 2.05) is 42.7 Å². The molecule has 1 heterocycles. The second-order valence-corrected chi connectivity index (χ2v) is 4.12. The van der Waals surface area contributed by atoms with E-state index in [1.54, 1.807) is 0 Å². The van der Waals surface area contributed by atoms with Gasteiger partial charge in [0, 0.05) is 24.3 Å². The average molecular weight is 231 g/mol. The SMILES string of the molecule is [c]1ccc(-c2ccc(-[n+]3ccccc3)cc2)cc1. The highest BCUT2D eigenvalue weighted by Crippen LogP contribution is 2.18. The zero-order valence-corrected chi connectivity index (χ0v) is 9.95. The maximum absolute atomic E-state index is 3.04. The summed E-state index contributed by atoms with van der Waals surface area (Å²) < 4.78 is 2.10. The molecule has 0 saturated carbocycles. The maximum atomic E-state index is 3.04. The Labute approximate surface area is 107 Å². The topological polar surface area (TPSA) is 3.88 Å². The lowest BCUT2D eigenvalue weighted by Gasteiger charge is -2.01. The molecule has 0 N–H and O–H groups in total. The van der Waals surface area contributed by atoms with Gasteiger partial charge in [0.25, 0.3) is 0 Å². The van der Waals surface area contributed by atoms with Gasteiger partial charge in [0.15, 0.2) is 12.4 Å². The van der Waals surface area contributed by atoms with E-state index in [9.17, 15) is 0 Å². The minimum Gasteiger partial charge on any atom is -0.167 e. The van der Waals surface area contributed by atoms with Gasteiger partial charge in [-0.25, -0.2) is 0 Å². The van der Waals surface area contributed by atoms with E-state index in [1.165, 1.54) is 16.8 Å². The molecule has 2 aromatic carbocycles. The Bertz CT molecular complexity index is 554. The highest BCUT2D eigenvalue weighted by Gasteiger charge is 2.04. The minimum absolute atomic E-state index is 1.17. The number of nitrogens with zero attached hydrogens (tertiary/aromatic N) is 1. The molecule has 1 aromatic heterocycles. The van der Waals surface area contributed by atoms with Crippen LogP contribution in [0.5, 0.6) is 0 Å². The van der Waals surface area contributed by atoms with Crippen molar-refractivity contribution in [2.75, 3.05) is 0 Å². The number of hydrogen-bond acceptors (Lipinski definition) is 0. The van der Waals surface area contributed by atoms with Gasteiger partial charge in [-0.2, -0.15) is 4.57 Å². The Morgan fingerprint density at radius 1 is 0.667 bits per heavy atom. The number of pyridine rings is 1. The summed E-state index contributed by atoms with van der Waals surface area (Å²) >= 11 is 0. The molecule has 1 nitrogen and oxygen atoms in total. The minimum atomic E-state index is 1.17. The lowest BCUT2D eigenvalue weighted by Crippen LogP contribution is -2.28. The molecule has 3 aromatic rings. The molecule has 0 aliphatic heterocycles. The first-order chi connectivity index (χ1) is 8.93. The summed E-state index contributed by atoms with van der Waals surface area (Å²) in [6.45, 7) is 0. The van der Waals surface area contributed by atoms with Crippen molar-refractivity contribution in [3.8, 4) is 16.8 Å². The van der Waals surface area contributed by atoms with Gasteiger partial charge in [-0.3, -0.25) is 0 Å². The predicted octanol–water partition coefficient (Wildman–Crippen LogP) is 3.43. The molecule has 18 heavy (non-hydrogen) atoms. The first kappa shape index (κ1) is 10.7. The molecular weight excluding hydrogens is 218 g/mol. The van der Waals surface area contributed by atoms with Gasteiger partial charge in [0.05, 0.1) is 0 Å². The van der Waals surface area contributed by atoms with Crippen molar-refractivity contribution in [1.29, 1.82) is 0 Å². The first-order valence-corrected chi connectivity index (χ1v) is 5.97. The van der Waals surface area contributed by atoms with E-state index in [-0.39, 0.29) is 0 Å². The van der Waals surface area contributed by atoms with Crippen LogP contribution in [0.4, 0.5) is 0 Å². The summed E-state index contributed by atoms with van der Waals surface area (Å²) in [6, 6.07) is 25.7. The van der Waals surface area contributed by atoms with Crippen LogP contribution in [0.1, 0.15) is 0 Å². The van der Waals surface area contributed by atoms with Gasteiger partial charge in [-0.1, -0.05) is 30.3 Å². The highest BCUT2D eigenvalue weighted by molar-refractivity contribution is 5.63. The maximum Gasteiger partial charge on any atom is 0.210 e. The molecule has 0 amide bonds. The molecule has 0 atom stereocenters. The summed E-state index contributed by atoms with van der Waals surface area (Å²) in [7, 11) is 0. The van der Waals surface area contributed by atoms with Crippen molar-refractivity contribution in [1.82, 2.24) is 0 Å². The van der Waals surface area contributed by atoms with Crippen molar-refractivity contribution < 1.29 is 4.57 Å². The molecule has 1 heteroatoms. The van der Waals surface area contributed by atoms with Crippen molar-refractivity contribution in [3.05, 3.63) is 85.2 Å². The smallest absolute Gasteiger partial charge is 0.167 e. The third kappa shape index (κ3) is 2.16. The van der Waals surface area contributed by atoms with Gasteiger partial charge >= 0.3 is 0 Å². The van der Waals surface area contributed by atoms with Gasteiger partial charge in [0.1, 0.15) is 0 Å². The zero-order valence-electron chi connectivity index (χ0n) is 9.95. The van der Waals surface area contributed by atoms with Gasteiger partial charge in [-0.15, -0.1) is 0 Å². The molecule has 85 valence electrons. The largest absolute Gasteiger partial charge is 0.210 e. The fourth-order valence-electron chi connectivity index (χ4n) is 1.98. The lowest BCUT2D eigenvalue weighted by molar-refractivity contribution is -0.595. The van der Waals surface area contributed by atoms with Crippen molar-refractivity contribution in [3.63, 3.8) is 0 Å². The number of benzene rings is 2. The molecule has 3 rings (SSSR count). The van der Waals surface area contributed by atoms with Crippen LogP contribution >= 0.6 is 0 Å². The molecule has 0 fully saturated rings. The second kappa shape index (κ2) is 4.84. The van der Waals surface area contributed by atoms with E-state index in [0.717, 1.165) is 0 Å². The Kier molecular flexibility index (Phi) is 2.89. The predicted molar refractivity (Wildman–Crippen MR) is 72.2 cm³/mol. The van der Waals surface area contributed by atoms with E-state index >= 15 is 0 Å². The average Bonchev–Trinajstić information content (AvgIpc) is 2.49. The fraction of sp³-hybridized carbons (Fsp3) is 0. The van der Waals surface area contributed by atoms with Crippen LogP contribution in [0.3, 0.4) is 0 Å². The van der Waals surface area contributed by atoms with Crippen molar-refractivity contribution in [2.45, 2.75) is 0 Å². The normalized spacial score (nSPS) is 10.2. The van der Waals surface area contributed by atoms with E-state index < -0.39 is 0 Å². The zero-order chi connectivity index (χ0) is 12.2. The molecule has 0 bridgehead atoms. The molecule has 0 aliphatic carbocycles. The third-order valence-corrected chi connectivity index (χ3v) is 2.93. The Hall–Kier alpha value is -2.41. The van der Waals surface area contributed by atoms with E-state index in [4.69, 9.17) is 0 Å². The van der Waals surface area contributed by atoms with Crippen LogP contribution in [-0.4, -0.2) is 0 Å². The number of aromatic nitrogens is 1. The quantitative estimate of drug-likeness (QED) is 0.595. The first-order valence-electron chi connectivity index (χ1n) is 5.97. The molecule has 0 unspecified atom stereocenters. The van der Waals surface area contributed by atoms with Crippen LogP contribution in [-0.2, 0) is 0 Å². The standard InChI is InChI=1S/C17H13N/c1-3-7-15(8-4-1)16-9-11-17(12-10-16)18-13-5-2-6-14-18/h2-14H/q+1. The van der Waals surface area contributed by atoms with Crippen LogP contribution < -0.4 is 4.57 Å². The van der Waals surface area contributed by atoms with Crippen LogP contribution in [0.15, 0.2) is 79.1 Å².